The summed E-state index contributed by atoms with van der Waals surface area (Å²) in [6.07, 6.45) is 0. The fourth-order valence-electron chi connectivity index (χ4n) is 1.46. The maximum absolute atomic E-state index is 11.7. The molecule has 0 saturated heterocycles. The van der Waals surface area contributed by atoms with Gasteiger partial charge < -0.3 is 15.8 Å². The molecular formula is C10H14N4O4S. The van der Waals surface area contributed by atoms with Gasteiger partial charge in [0.1, 0.15) is 5.75 Å². The van der Waals surface area contributed by atoms with Crippen LogP contribution >= 0.6 is 0 Å². The Balaban J connectivity index is 2.38. The second-order valence-corrected chi connectivity index (χ2v) is 6.05. The Bertz CT molecular complexity index is 627. The molecule has 0 fully saturated rings. The van der Waals surface area contributed by atoms with Crippen LogP contribution in [0.4, 0.5) is 17.1 Å². The lowest BCUT2D eigenvalue weighted by Crippen LogP contribution is -2.30. The predicted molar refractivity (Wildman–Crippen MR) is 71.2 cm³/mol. The number of nitrogens with zero attached hydrogens (tertiary/aromatic N) is 1. The summed E-state index contributed by atoms with van der Waals surface area (Å²) < 4.78 is 32.0. The van der Waals surface area contributed by atoms with E-state index in [0.29, 0.717) is 11.4 Å². The van der Waals surface area contributed by atoms with Crippen LogP contribution in [0.1, 0.15) is 0 Å². The lowest BCUT2D eigenvalue weighted by atomic mass is 10.2. The molecule has 1 aliphatic heterocycles. The smallest absolute Gasteiger partial charge is 0.301 e. The number of anilines is 3. The molecule has 19 heavy (non-hydrogen) atoms. The molecule has 1 aromatic rings. The number of amides is 1. The van der Waals surface area contributed by atoms with Gasteiger partial charge in [-0.25, -0.2) is 0 Å². The van der Waals surface area contributed by atoms with Crippen LogP contribution in [0.3, 0.4) is 0 Å². The highest BCUT2D eigenvalue weighted by Crippen LogP contribution is 2.35. The zero-order valence-electron chi connectivity index (χ0n) is 10.4. The third-order valence-corrected chi connectivity index (χ3v) is 3.94. The average molecular weight is 286 g/mol. The minimum Gasteiger partial charge on any atom is -0.482 e. The van der Waals surface area contributed by atoms with Crippen LogP contribution in [-0.4, -0.2) is 39.3 Å². The van der Waals surface area contributed by atoms with Crippen LogP contribution in [-0.2, 0) is 15.0 Å². The molecule has 0 radical (unpaired) electrons. The van der Waals surface area contributed by atoms with Crippen molar-refractivity contribution in [3.8, 4) is 5.75 Å². The van der Waals surface area contributed by atoms with Gasteiger partial charge in [0.15, 0.2) is 6.61 Å². The van der Waals surface area contributed by atoms with Crippen LogP contribution in [0, 0.1) is 0 Å². The standard InChI is InChI=1S/C10H14N4O4S/c1-14(2)19(16,17)13-7-4-8-9(3-6(7)11)18-5-10(15)12-8/h3-4,13H,5,11H2,1-2H3,(H,12,15). The quantitative estimate of drug-likeness (QED) is 0.667. The van der Waals surface area contributed by atoms with E-state index < -0.39 is 10.2 Å². The van der Waals surface area contributed by atoms with E-state index in [0.717, 1.165) is 4.31 Å². The number of ether oxygens (including phenoxy) is 1. The lowest BCUT2D eigenvalue weighted by Gasteiger charge is -2.21. The summed E-state index contributed by atoms with van der Waals surface area (Å²) in [5.41, 5.74) is 6.51. The Labute approximate surface area is 110 Å². The van der Waals surface area contributed by atoms with E-state index in [-0.39, 0.29) is 23.9 Å². The van der Waals surface area contributed by atoms with Crippen molar-refractivity contribution < 1.29 is 17.9 Å². The fraction of sp³-hybridized carbons (Fsp3) is 0.300. The number of benzene rings is 1. The SMILES string of the molecule is CN(C)S(=O)(=O)Nc1cc2c(cc1N)OCC(=O)N2. The monoisotopic (exact) mass is 286 g/mol. The van der Waals surface area contributed by atoms with E-state index in [1.807, 2.05) is 0 Å². The maximum atomic E-state index is 11.7. The molecule has 0 bridgehead atoms. The van der Waals surface area contributed by atoms with Gasteiger partial charge in [0.05, 0.1) is 17.1 Å². The van der Waals surface area contributed by atoms with Crippen LogP contribution in [0.15, 0.2) is 12.1 Å². The van der Waals surface area contributed by atoms with Gasteiger partial charge in [0, 0.05) is 20.2 Å². The molecule has 1 heterocycles. The van der Waals surface area contributed by atoms with Crippen molar-refractivity contribution in [1.29, 1.82) is 0 Å². The van der Waals surface area contributed by atoms with Gasteiger partial charge in [-0.2, -0.15) is 12.7 Å². The van der Waals surface area contributed by atoms with Gasteiger partial charge >= 0.3 is 10.2 Å². The molecule has 4 N–H and O–H groups in total. The summed E-state index contributed by atoms with van der Waals surface area (Å²) in [5, 5.41) is 2.57. The highest BCUT2D eigenvalue weighted by Gasteiger charge is 2.20. The second-order valence-electron chi connectivity index (χ2n) is 4.16. The van der Waals surface area contributed by atoms with Crippen LogP contribution in [0.5, 0.6) is 5.75 Å². The maximum Gasteiger partial charge on any atom is 0.301 e. The number of rotatable bonds is 3. The van der Waals surface area contributed by atoms with Gasteiger partial charge in [-0.05, 0) is 6.07 Å². The van der Waals surface area contributed by atoms with E-state index in [2.05, 4.69) is 10.0 Å². The van der Waals surface area contributed by atoms with Crippen molar-refractivity contribution in [3.05, 3.63) is 12.1 Å². The average Bonchev–Trinajstić information content (AvgIpc) is 2.30. The largest absolute Gasteiger partial charge is 0.482 e. The van der Waals surface area contributed by atoms with Gasteiger partial charge in [-0.3, -0.25) is 9.52 Å². The first kappa shape index (κ1) is 13.4. The molecule has 0 unspecified atom stereocenters. The fourth-order valence-corrected chi connectivity index (χ4v) is 2.10. The van der Waals surface area contributed by atoms with Gasteiger partial charge in [-0.15, -0.1) is 0 Å². The Morgan fingerprint density at radius 2 is 2.11 bits per heavy atom. The molecule has 0 aliphatic carbocycles. The second kappa shape index (κ2) is 4.59. The molecule has 0 aromatic heterocycles. The molecule has 0 spiro atoms. The Morgan fingerprint density at radius 3 is 2.74 bits per heavy atom. The summed E-state index contributed by atoms with van der Waals surface area (Å²) in [7, 11) is -0.883. The van der Waals surface area contributed by atoms with E-state index >= 15 is 0 Å². The third-order valence-electron chi connectivity index (χ3n) is 2.50. The topological polar surface area (TPSA) is 114 Å². The molecular weight excluding hydrogens is 272 g/mol. The number of hydrogen-bond donors (Lipinski definition) is 3. The molecule has 0 saturated carbocycles. The van der Waals surface area contributed by atoms with Gasteiger partial charge in [0.2, 0.25) is 0 Å². The molecule has 8 nitrogen and oxygen atoms in total. The van der Waals surface area contributed by atoms with E-state index in [9.17, 15) is 13.2 Å². The molecule has 2 rings (SSSR count). The van der Waals surface area contributed by atoms with E-state index in [4.69, 9.17) is 10.5 Å². The number of nitrogens with two attached hydrogens (primary N) is 1. The van der Waals surface area contributed by atoms with E-state index in [1.165, 1.54) is 26.2 Å². The minimum absolute atomic E-state index is 0.0881. The Hall–Kier alpha value is -2.00. The van der Waals surface area contributed by atoms with Crippen LogP contribution in [0.2, 0.25) is 0 Å². The predicted octanol–water partition coefficient (Wildman–Crippen LogP) is -0.182. The van der Waals surface area contributed by atoms with Gasteiger partial charge in [0.25, 0.3) is 5.91 Å². The Kier molecular flexibility index (Phi) is 3.25. The summed E-state index contributed by atoms with van der Waals surface area (Å²) in [6.45, 7) is -0.0881. The zero-order valence-corrected chi connectivity index (χ0v) is 11.2. The van der Waals surface area contributed by atoms with E-state index in [1.54, 1.807) is 0 Å². The highest BCUT2D eigenvalue weighted by atomic mass is 32.2. The minimum atomic E-state index is -3.66. The number of fused-ring (bicyclic) bond motifs is 1. The van der Waals surface area contributed by atoms with Crippen molar-refractivity contribution in [2.75, 3.05) is 36.5 Å². The first-order chi connectivity index (χ1) is 8.79. The third kappa shape index (κ3) is 2.71. The summed E-state index contributed by atoms with van der Waals surface area (Å²) >= 11 is 0. The first-order valence-electron chi connectivity index (χ1n) is 5.36. The summed E-state index contributed by atoms with van der Waals surface area (Å²) in [4.78, 5) is 11.2. The van der Waals surface area contributed by atoms with Crippen molar-refractivity contribution in [2.45, 2.75) is 0 Å². The van der Waals surface area contributed by atoms with Crippen molar-refractivity contribution in [1.82, 2.24) is 4.31 Å². The number of nitrogen functional groups attached to an aromatic ring is 1. The van der Waals surface area contributed by atoms with Crippen molar-refractivity contribution in [2.24, 2.45) is 0 Å². The molecule has 0 atom stereocenters. The van der Waals surface area contributed by atoms with Crippen molar-refractivity contribution in [3.63, 3.8) is 0 Å². The molecule has 9 heteroatoms. The van der Waals surface area contributed by atoms with Crippen LogP contribution in [0.25, 0.3) is 0 Å². The summed E-state index contributed by atoms with van der Waals surface area (Å²) in [6, 6.07) is 2.88. The zero-order chi connectivity index (χ0) is 14.2. The van der Waals surface area contributed by atoms with Gasteiger partial charge in [-0.1, -0.05) is 0 Å². The van der Waals surface area contributed by atoms with Crippen molar-refractivity contribution >= 4 is 33.2 Å². The molecule has 1 aliphatic rings. The van der Waals surface area contributed by atoms with Crippen LogP contribution < -0.4 is 20.5 Å². The molecule has 104 valence electrons. The Morgan fingerprint density at radius 1 is 1.42 bits per heavy atom. The number of nitrogens with one attached hydrogen (secondary N) is 2. The highest BCUT2D eigenvalue weighted by molar-refractivity contribution is 7.90. The molecule has 1 aromatic carbocycles. The molecule has 1 amide bonds. The number of carbonyl (C=O) groups excluding carboxylic acids is 1. The lowest BCUT2D eigenvalue weighted by molar-refractivity contribution is -0.118. The number of hydrogen-bond acceptors (Lipinski definition) is 5. The first-order valence-corrected chi connectivity index (χ1v) is 6.80. The normalized spacial score (nSPS) is 14.6. The summed E-state index contributed by atoms with van der Waals surface area (Å²) in [5.74, 6) is 0.101. The number of carbonyl (C=O) groups is 1.